The Kier molecular flexibility index (Phi) is 7.64. The van der Waals surface area contributed by atoms with Crippen molar-refractivity contribution in [1.29, 1.82) is 0 Å². The summed E-state index contributed by atoms with van der Waals surface area (Å²) in [5, 5.41) is 11.1. The summed E-state index contributed by atoms with van der Waals surface area (Å²) in [5.41, 5.74) is 6.15. The van der Waals surface area contributed by atoms with E-state index in [1.165, 1.54) is 16.3 Å². The Morgan fingerprint density at radius 3 is 2.07 bits per heavy atom. The number of nitrogens with one attached hydrogen (secondary N) is 2. The predicted molar refractivity (Wildman–Crippen MR) is 186 cm³/mol. The van der Waals surface area contributed by atoms with Gasteiger partial charge in [-0.25, -0.2) is 4.98 Å². The van der Waals surface area contributed by atoms with Crippen molar-refractivity contribution in [3.05, 3.63) is 151 Å². The number of fused-ring (bicyclic) bond motifs is 2. The molecule has 2 atom stereocenters. The average molecular weight is 610 g/mol. The second-order valence-electron chi connectivity index (χ2n) is 10.4. The Bertz CT molecular complexity index is 2020. The molecule has 7 rings (SSSR count). The van der Waals surface area contributed by atoms with Gasteiger partial charge in [0.15, 0.2) is 0 Å². The first kappa shape index (κ1) is 27.3. The Morgan fingerprint density at radius 2 is 1.26 bits per heavy atom. The van der Waals surface area contributed by atoms with Gasteiger partial charge in [-0.2, -0.15) is 4.90 Å². The highest BCUT2D eigenvalue weighted by molar-refractivity contribution is 7.59. The smallest absolute Gasteiger partial charge is 0.124 e. The predicted octanol–water partition coefficient (Wildman–Crippen LogP) is 9.93. The molecule has 2 N–H and O–H groups in total. The van der Waals surface area contributed by atoms with E-state index in [1.54, 1.807) is 11.3 Å². The van der Waals surface area contributed by atoms with Crippen LogP contribution in [0.25, 0.3) is 31.6 Å². The van der Waals surface area contributed by atoms with Crippen LogP contribution >= 0.6 is 11.3 Å². The van der Waals surface area contributed by atoms with E-state index in [-0.39, 0.29) is 12.1 Å². The Labute approximate surface area is 266 Å². The quantitative estimate of drug-likeness (QED) is 0.168. The maximum Gasteiger partial charge on any atom is 0.124 e. The van der Waals surface area contributed by atoms with Crippen molar-refractivity contribution in [3.63, 3.8) is 0 Å². The number of anilines is 2. The van der Waals surface area contributed by atoms with Crippen molar-refractivity contribution in [1.82, 2.24) is 4.98 Å². The molecule has 0 radical (unpaired) electrons. The molecule has 6 aromatic carbocycles. The van der Waals surface area contributed by atoms with Crippen LogP contribution in [0.3, 0.4) is 0 Å². The van der Waals surface area contributed by atoms with Crippen LogP contribution in [0.15, 0.2) is 149 Å². The first-order chi connectivity index (χ1) is 21.1. The molecule has 0 aliphatic carbocycles. The number of rotatable bonds is 8. The fraction of sp³-hybridized carbons (Fsp3) is 0.0541. The second-order valence-corrected chi connectivity index (χ2v) is 12.3. The molecule has 0 amide bonds. The SMILES string of the molecule is [S-]c1cc2nc(-c3ccccc3)sc2cc1N[C@H](c1ccccc1)[C@H](Nc1ccccc1[S-])c1cccc2ccccc12. The number of aromatic nitrogens is 1. The fourth-order valence-corrected chi connectivity index (χ4v) is 7.00. The number of para-hydroxylation sites is 1. The lowest BCUT2D eigenvalue weighted by Gasteiger charge is -2.34. The molecule has 0 aliphatic heterocycles. The molecule has 1 aromatic heterocycles. The van der Waals surface area contributed by atoms with Gasteiger partial charge in [0.1, 0.15) is 5.01 Å². The summed E-state index contributed by atoms with van der Waals surface area (Å²) in [6, 6.07) is 47.7. The van der Waals surface area contributed by atoms with Gasteiger partial charge in [-0.1, -0.05) is 127 Å². The maximum absolute atomic E-state index is 5.97. The van der Waals surface area contributed by atoms with Gasteiger partial charge in [0.05, 0.1) is 22.3 Å². The van der Waals surface area contributed by atoms with Gasteiger partial charge >= 0.3 is 0 Å². The molecular formula is C37H27N3S3-2. The number of benzene rings is 6. The van der Waals surface area contributed by atoms with Crippen LogP contribution in [0.4, 0.5) is 11.4 Å². The summed E-state index contributed by atoms with van der Waals surface area (Å²) in [4.78, 5) is 6.42. The second kappa shape index (κ2) is 12.0. The van der Waals surface area contributed by atoms with Crippen LogP contribution < -0.4 is 10.6 Å². The summed E-state index contributed by atoms with van der Waals surface area (Å²) in [6.45, 7) is 0. The highest BCUT2D eigenvalue weighted by Crippen LogP contribution is 2.41. The highest BCUT2D eigenvalue weighted by atomic mass is 32.1. The van der Waals surface area contributed by atoms with E-state index < -0.39 is 0 Å². The van der Waals surface area contributed by atoms with Crippen LogP contribution in [-0.4, -0.2) is 4.98 Å². The van der Waals surface area contributed by atoms with Crippen LogP contribution in [-0.2, 0) is 25.3 Å². The molecular weight excluding hydrogens is 583 g/mol. The minimum atomic E-state index is -0.178. The minimum Gasteiger partial charge on any atom is -0.778 e. The van der Waals surface area contributed by atoms with Crippen LogP contribution in [0.5, 0.6) is 0 Å². The van der Waals surface area contributed by atoms with E-state index in [0.29, 0.717) is 0 Å². The lowest BCUT2D eigenvalue weighted by Crippen LogP contribution is -2.26. The molecule has 43 heavy (non-hydrogen) atoms. The van der Waals surface area contributed by atoms with E-state index in [1.807, 2.05) is 48.5 Å². The highest BCUT2D eigenvalue weighted by Gasteiger charge is 2.27. The van der Waals surface area contributed by atoms with E-state index in [9.17, 15) is 0 Å². The minimum absolute atomic E-state index is 0.177. The van der Waals surface area contributed by atoms with E-state index in [0.717, 1.165) is 47.5 Å². The molecule has 7 aromatic rings. The fourth-order valence-electron chi connectivity index (χ4n) is 5.57. The van der Waals surface area contributed by atoms with Gasteiger partial charge in [-0.15, -0.1) is 16.2 Å². The summed E-state index contributed by atoms with van der Waals surface area (Å²) >= 11 is 13.4. The van der Waals surface area contributed by atoms with Crippen molar-refractivity contribution in [2.45, 2.75) is 21.9 Å². The number of hydrogen-bond acceptors (Lipinski definition) is 6. The molecule has 210 valence electrons. The molecule has 3 nitrogen and oxygen atoms in total. The maximum atomic E-state index is 5.97. The summed E-state index contributed by atoms with van der Waals surface area (Å²) in [6.07, 6.45) is 0. The van der Waals surface area contributed by atoms with Gasteiger partial charge in [0, 0.05) is 16.9 Å². The summed E-state index contributed by atoms with van der Waals surface area (Å²) in [5.74, 6) is 0. The van der Waals surface area contributed by atoms with Gasteiger partial charge in [0.25, 0.3) is 0 Å². The third-order valence-corrected chi connectivity index (χ3v) is 9.43. The third-order valence-electron chi connectivity index (χ3n) is 7.67. The number of nitrogens with zero attached hydrogens (tertiary/aromatic N) is 1. The van der Waals surface area contributed by atoms with Gasteiger partial charge in [-0.3, -0.25) is 0 Å². The largest absolute Gasteiger partial charge is 0.778 e. The zero-order valence-electron chi connectivity index (χ0n) is 23.1. The van der Waals surface area contributed by atoms with E-state index in [2.05, 4.69) is 102 Å². The van der Waals surface area contributed by atoms with Gasteiger partial charge < -0.3 is 35.9 Å². The Balaban J connectivity index is 1.37. The average Bonchev–Trinajstić information content (AvgIpc) is 3.47. The van der Waals surface area contributed by atoms with E-state index in [4.69, 9.17) is 30.2 Å². The topological polar surface area (TPSA) is 37.0 Å². The monoisotopic (exact) mass is 609 g/mol. The molecule has 1 heterocycles. The third kappa shape index (κ3) is 5.65. The number of hydrogen-bond donors (Lipinski definition) is 2. The summed E-state index contributed by atoms with van der Waals surface area (Å²) in [7, 11) is 0. The Hall–Kier alpha value is -4.49. The summed E-state index contributed by atoms with van der Waals surface area (Å²) < 4.78 is 1.09. The van der Waals surface area contributed by atoms with Crippen molar-refractivity contribution in [2.24, 2.45) is 0 Å². The van der Waals surface area contributed by atoms with Crippen LogP contribution in [0.1, 0.15) is 23.2 Å². The molecule has 0 aliphatic rings. The molecule has 0 bridgehead atoms. The lowest BCUT2D eigenvalue weighted by molar-refractivity contribution is 0.651. The van der Waals surface area contributed by atoms with Crippen molar-refractivity contribution >= 4 is 69.0 Å². The van der Waals surface area contributed by atoms with Crippen LogP contribution in [0.2, 0.25) is 0 Å². The molecule has 0 spiro atoms. The Morgan fingerprint density at radius 1 is 0.581 bits per heavy atom. The molecule has 0 saturated heterocycles. The normalized spacial score (nSPS) is 12.7. The number of thiazole rings is 1. The zero-order valence-corrected chi connectivity index (χ0v) is 25.6. The first-order valence-electron chi connectivity index (χ1n) is 14.1. The zero-order chi connectivity index (χ0) is 29.2. The van der Waals surface area contributed by atoms with Crippen molar-refractivity contribution < 1.29 is 0 Å². The van der Waals surface area contributed by atoms with Crippen LogP contribution in [0, 0.1) is 0 Å². The standard InChI is InChI=1S/C37H29N3S3/c41-32-21-10-9-20-29(32)38-36(28-19-11-17-24-12-7-8-18-27(24)28)35(25-13-3-1-4-14-25)39-30-23-34-31(22-33(30)42)40-37(43-34)26-15-5-2-6-16-26/h1-23,35-36,38-39,41-42H/p-2/t35-,36-/m1/s1. The van der Waals surface area contributed by atoms with Crippen molar-refractivity contribution in [2.75, 3.05) is 10.6 Å². The van der Waals surface area contributed by atoms with Gasteiger partial charge in [0.2, 0.25) is 0 Å². The molecule has 6 heteroatoms. The molecule has 0 fully saturated rings. The van der Waals surface area contributed by atoms with Crippen molar-refractivity contribution in [3.8, 4) is 10.6 Å². The molecule has 0 unspecified atom stereocenters. The van der Waals surface area contributed by atoms with Gasteiger partial charge in [-0.05, 0) is 34.0 Å². The van der Waals surface area contributed by atoms with E-state index >= 15 is 0 Å². The first-order valence-corrected chi connectivity index (χ1v) is 15.8. The lowest BCUT2D eigenvalue weighted by atomic mass is 9.89. The molecule has 0 saturated carbocycles.